The maximum atomic E-state index is 11.4. The molecule has 0 aromatic rings. The number of esters is 1. The third kappa shape index (κ3) is 20.7. The quantitative estimate of drug-likeness (QED) is 0.0997. The van der Waals surface area contributed by atoms with Crippen molar-refractivity contribution in [3.8, 4) is 0 Å². The number of halogens is 1. The number of unbranched alkanes of at least 4 members (excludes halogenated alkanes) is 13. The third-order valence-electron chi connectivity index (χ3n) is 6.26. The number of nitrogens with zero attached hydrogens (tertiary/aromatic N) is 1. The Labute approximate surface area is 216 Å². The molecule has 0 radical (unpaired) electrons. The van der Waals surface area contributed by atoms with Gasteiger partial charge in [0.05, 0.1) is 6.61 Å². The molecule has 1 saturated heterocycles. The average Bonchev–Trinajstić information content (AvgIpc) is 2.77. The SMILES string of the molecule is CCCCCCCCCCCCCCCCOCC(CCN1CCNCC1)OC(C)=O.I. The summed E-state index contributed by atoms with van der Waals surface area (Å²) < 4.78 is 11.3. The summed E-state index contributed by atoms with van der Waals surface area (Å²) >= 11 is 0. The second-order valence-corrected chi connectivity index (χ2v) is 9.28. The predicted octanol–water partition coefficient (Wildman–Crippen LogP) is 6.33. The highest BCUT2D eigenvalue weighted by Crippen LogP contribution is 2.13. The van der Waals surface area contributed by atoms with E-state index in [-0.39, 0.29) is 36.0 Å². The van der Waals surface area contributed by atoms with Gasteiger partial charge in [-0.15, -0.1) is 24.0 Å². The van der Waals surface area contributed by atoms with E-state index in [1.54, 1.807) is 0 Å². The molecule has 0 bridgehead atoms. The molecular weight excluding hydrogens is 515 g/mol. The van der Waals surface area contributed by atoms with Crippen LogP contribution in [0.3, 0.4) is 0 Å². The summed E-state index contributed by atoms with van der Waals surface area (Å²) in [5, 5.41) is 3.37. The van der Waals surface area contributed by atoms with E-state index < -0.39 is 0 Å². The Kier molecular flexibility index (Phi) is 24.3. The lowest BCUT2D eigenvalue weighted by Gasteiger charge is -2.28. The van der Waals surface area contributed by atoms with Gasteiger partial charge in [-0.3, -0.25) is 4.79 Å². The van der Waals surface area contributed by atoms with Crippen molar-refractivity contribution in [1.82, 2.24) is 10.2 Å². The number of hydrogen-bond acceptors (Lipinski definition) is 5. The number of carbonyl (C=O) groups excluding carboxylic acids is 1. The summed E-state index contributed by atoms with van der Waals surface area (Å²) in [5.41, 5.74) is 0. The van der Waals surface area contributed by atoms with Gasteiger partial charge in [-0.1, -0.05) is 90.4 Å². The fraction of sp³-hybridized carbons (Fsp3) is 0.962. The normalized spacial score (nSPS) is 15.3. The van der Waals surface area contributed by atoms with Crippen LogP contribution in [0.1, 0.15) is 110 Å². The largest absolute Gasteiger partial charge is 0.460 e. The van der Waals surface area contributed by atoms with Gasteiger partial charge in [0.1, 0.15) is 6.10 Å². The van der Waals surface area contributed by atoms with E-state index in [1.807, 2.05) is 0 Å². The van der Waals surface area contributed by atoms with E-state index in [1.165, 1.54) is 90.4 Å². The monoisotopic (exact) mass is 568 g/mol. The van der Waals surface area contributed by atoms with E-state index in [4.69, 9.17) is 9.47 Å². The molecule has 1 unspecified atom stereocenters. The number of hydrogen-bond donors (Lipinski definition) is 1. The zero-order valence-corrected chi connectivity index (χ0v) is 23.5. The van der Waals surface area contributed by atoms with Crippen molar-refractivity contribution >= 4 is 29.9 Å². The molecule has 0 spiro atoms. The predicted molar refractivity (Wildman–Crippen MR) is 146 cm³/mol. The van der Waals surface area contributed by atoms with Crippen LogP contribution < -0.4 is 5.32 Å². The first kappa shape index (κ1) is 32.1. The Balaban J connectivity index is 0.00000961. The molecule has 1 aliphatic rings. The summed E-state index contributed by atoms with van der Waals surface area (Å²) in [7, 11) is 0. The van der Waals surface area contributed by atoms with Gasteiger partial charge in [0.25, 0.3) is 0 Å². The van der Waals surface area contributed by atoms with Gasteiger partial charge in [-0.05, 0) is 12.8 Å². The minimum Gasteiger partial charge on any atom is -0.460 e. The number of nitrogens with one attached hydrogen (secondary N) is 1. The van der Waals surface area contributed by atoms with Crippen LogP contribution in [0, 0.1) is 0 Å². The summed E-state index contributed by atoms with van der Waals surface area (Å²) in [6, 6.07) is 0. The molecule has 0 aliphatic carbocycles. The first-order chi connectivity index (χ1) is 15.2. The van der Waals surface area contributed by atoms with Gasteiger partial charge in [0, 0.05) is 46.3 Å². The highest BCUT2D eigenvalue weighted by molar-refractivity contribution is 14.0. The highest BCUT2D eigenvalue weighted by atomic mass is 127. The van der Waals surface area contributed by atoms with Crippen molar-refractivity contribution in [2.24, 2.45) is 0 Å². The van der Waals surface area contributed by atoms with Crippen molar-refractivity contribution in [3.63, 3.8) is 0 Å². The molecular formula is C26H53IN2O3. The van der Waals surface area contributed by atoms with Gasteiger partial charge in [0.2, 0.25) is 0 Å². The fourth-order valence-corrected chi connectivity index (χ4v) is 4.29. The van der Waals surface area contributed by atoms with Gasteiger partial charge in [-0.2, -0.15) is 0 Å². The molecule has 32 heavy (non-hydrogen) atoms. The molecule has 1 aliphatic heterocycles. The van der Waals surface area contributed by atoms with Gasteiger partial charge >= 0.3 is 5.97 Å². The lowest BCUT2D eigenvalue weighted by atomic mass is 10.0. The van der Waals surface area contributed by atoms with Crippen molar-refractivity contribution < 1.29 is 14.3 Å². The minimum atomic E-state index is -0.203. The summed E-state index contributed by atoms with van der Waals surface area (Å²) in [5.74, 6) is -0.203. The van der Waals surface area contributed by atoms with E-state index in [2.05, 4.69) is 17.1 Å². The molecule has 0 saturated carbocycles. The van der Waals surface area contributed by atoms with Crippen LogP contribution in [-0.2, 0) is 14.3 Å². The number of rotatable bonds is 21. The fourth-order valence-electron chi connectivity index (χ4n) is 4.29. The lowest BCUT2D eigenvalue weighted by Crippen LogP contribution is -2.44. The molecule has 0 aromatic heterocycles. The van der Waals surface area contributed by atoms with Crippen molar-refractivity contribution in [3.05, 3.63) is 0 Å². The van der Waals surface area contributed by atoms with Crippen LogP contribution in [0.15, 0.2) is 0 Å². The Morgan fingerprint density at radius 2 is 1.34 bits per heavy atom. The maximum Gasteiger partial charge on any atom is 0.302 e. The number of carbonyl (C=O) groups is 1. The van der Waals surface area contributed by atoms with Crippen molar-refractivity contribution in [2.45, 2.75) is 116 Å². The maximum absolute atomic E-state index is 11.4. The second-order valence-electron chi connectivity index (χ2n) is 9.28. The average molecular weight is 569 g/mol. The van der Waals surface area contributed by atoms with Crippen LogP contribution >= 0.6 is 24.0 Å². The van der Waals surface area contributed by atoms with E-state index >= 15 is 0 Å². The van der Waals surface area contributed by atoms with Gasteiger partial charge in [0.15, 0.2) is 0 Å². The van der Waals surface area contributed by atoms with Crippen LogP contribution in [0.4, 0.5) is 0 Å². The zero-order chi connectivity index (χ0) is 22.4. The van der Waals surface area contributed by atoms with Crippen LogP contribution in [0.5, 0.6) is 0 Å². The Bertz CT molecular complexity index is 407. The summed E-state index contributed by atoms with van der Waals surface area (Å²) in [6.45, 7) is 10.3. The minimum absolute atomic E-state index is 0. The summed E-state index contributed by atoms with van der Waals surface area (Å²) in [4.78, 5) is 13.8. The highest BCUT2D eigenvalue weighted by Gasteiger charge is 2.16. The van der Waals surface area contributed by atoms with Crippen LogP contribution in [0.25, 0.3) is 0 Å². The molecule has 1 atom stereocenters. The molecule has 6 heteroatoms. The number of ether oxygens (including phenoxy) is 2. The molecule has 1 heterocycles. The molecule has 0 aromatic carbocycles. The molecule has 1 fully saturated rings. The molecule has 1 N–H and O–H groups in total. The van der Waals surface area contributed by atoms with E-state index in [0.29, 0.717) is 6.61 Å². The molecule has 5 nitrogen and oxygen atoms in total. The van der Waals surface area contributed by atoms with Crippen molar-refractivity contribution in [2.75, 3.05) is 45.9 Å². The first-order valence-corrected chi connectivity index (χ1v) is 13.4. The van der Waals surface area contributed by atoms with Crippen LogP contribution in [0.2, 0.25) is 0 Å². The third-order valence-corrected chi connectivity index (χ3v) is 6.26. The van der Waals surface area contributed by atoms with Crippen molar-refractivity contribution in [1.29, 1.82) is 0 Å². The van der Waals surface area contributed by atoms with E-state index in [9.17, 15) is 4.79 Å². The topological polar surface area (TPSA) is 50.8 Å². The molecule has 192 valence electrons. The van der Waals surface area contributed by atoms with E-state index in [0.717, 1.165) is 52.2 Å². The molecule has 0 amide bonds. The smallest absolute Gasteiger partial charge is 0.302 e. The Hall–Kier alpha value is 0.0800. The molecule has 1 rings (SSSR count). The van der Waals surface area contributed by atoms with Gasteiger partial charge < -0.3 is 19.7 Å². The lowest BCUT2D eigenvalue weighted by molar-refractivity contribution is -0.150. The zero-order valence-electron chi connectivity index (χ0n) is 21.2. The van der Waals surface area contributed by atoms with Crippen LogP contribution in [-0.4, -0.2) is 62.9 Å². The Morgan fingerprint density at radius 3 is 1.84 bits per heavy atom. The standard InChI is InChI=1S/C26H52N2O3.HI/c1-3-4-5-6-7-8-9-10-11-12-13-14-15-16-23-30-24-26(31-25(2)29)17-20-28-21-18-27-19-22-28;/h26-27H,3-24H2,1-2H3;1H. The first-order valence-electron chi connectivity index (χ1n) is 13.4. The number of piperazine rings is 1. The second kappa shape index (κ2) is 24.2. The van der Waals surface area contributed by atoms with Gasteiger partial charge in [-0.25, -0.2) is 0 Å². The Morgan fingerprint density at radius 1 is 0.844 bits per heavy atom. The summed E-state index contributed by atoms with van der Waals surface area (Å²) in [6.07, 6.45) is 19.9.